The summed E-state index contributed by atoms with van der Waals surface area (Å²) in [5.41, 5.74) is 0. The molecule has 6 heteroatoms. The van der Waals surface area contributed by atoms with Crippen molar-refractivity contribution < 1.29 is 28.6 Å². The second-order valence-corrected chi connectivity index (χ2v) is 15.4. The summed E-state index contributed by atoms with van der Waals surface area (Å²) in [5.74, 6) is -0.893. The normalized spacial score (nSPS) is 12.3. The van der Waals surface area contributed by atoms with Crippen LogP contribution in [0.2, 0.25) is 0 Å². The molecule has 0 aliphatic rings. The highest BCUT2D eigenvalue weighted by Crippen LogP contribution is 2.15. The van der Waals surface area contributed by atoms with Crippen LogP contribution in [0.4, 0.5) is 0 Å². The number of esters is 3. The average Bonchev–Trinajstić information content (AvgIpc) is 3.17. The third-order valence-electron chi connectivity index (χ3n) is 9.97. The highest BCUT2D eigenvalue weighted by molar-refractivity contribution is 5.71. The molecule has 0 spiro atoms. The number of allylic oxidation sites excluding steroid dienone is 6. The van der Waals surface area contributed by atoms with E-state index in [-0.39, 0.29) is 31.1 Å². The molecule has 0 aromatic carbocycles. The molecule has 0 radical (unpaired) electrons. The number of carbonyl (C=O) groups excluding carboxylic acids is 3. The molecule has 0 saturated heterocycles. The summed E-state index contributed by atoms with van der Waals surface area (Å²) < 4.78 is 16.7. The fourth-order valence-electron chi connectivity index (χ4n) is 6.50. The van der Waals surface area contributed by atoms with Crippen molar-refractivity contribution >= 4 is 17.9 Å². The summed E-state index contributed by atoms with van der Waals surface area (Å²) in [6.07, 6.45) is 48.3. The maximum atomic E-state index is 12.7. The van der Waals surface area contributed by atoms with Gasteiger partial charge in [0.15, 0.2) is 6.10 Å². The van der Waals surface area contributed by atoms with Crippen molar-refractivity contribution in [1.29, 1.82) is 0 Å². The van der Waals surface area contributed by atoms with Crippen molar-refractivity contribution in [1.82, 2.24) is 0 Å². The maximum Gasteiger partial charge on any atom is 0.306 e. The van der Waals surface area contributed by atoms with E-state index in [0.717, 1.165) is 83.5 Å². The summed E-state index contributed by atoms with van der Waals surface area (Å²) >= 11 is 0. The van der Waals surface area contributed by atoms with Gasteiger partial charge in [-0.3, -0.25) is 14.4 Å². The predicted molar refractivity (Wildman–Crippen MR) is 229 cm³/mol. The van der Waals surface area contributed by atoms with Gasteiger partial charge in [0.25, 0.3) is 0 Å². The lowest BCUT2D eigenvalue weighted by Crippen LogP contribution is -2.30. The minimum Gasteiger partial charge on any atom is -0.462 e. The summed E-state index contributed by atoms with van der Waals surface area (Å²) in [6, 6.07) is 0. The van der Waals surface area contributed by atoms with Gasteiger partial charge in [-0.05, 0) is 38.5 Å². The largest absolute Gasteiger partial charge is 0.462 e. The van der Waals surface area contributed by atoms with E-state index >= 15 is 0 Å². The number of ether oxygens (including phenoxy) is 3. The van der Waals surface area contributed by atoms with Crippen LogP contribution in [0.1, 0.15) is 233 Å². The Kier molecular flexibility index (Phi) is 41.5. The molecule has 6 nitrogen and oxygen atoms in total. The molecule has 0 N–H and O–H groups in total. The zero-order chi connectivity index (χ0) is 39.4. The van der Waals surface area contributed by atoms with Crippen molar-refractivity contribution in [2.24, 2.45) is 0 Å². The molecule has 0 aliphatic carbocycles. The van der Waals surface area contributed by atoms with Crippen LogP contribution in [-0.4, -0.2) is 37.2 Å². The molecule has 1 atom stereocenters. The van der Waals surface area contributed by atoms with Crippen LogP contribution in [0.15, 0.2) is 36.5 Å². The molecular weight excluding hydrogens is 673 g/mol. The van der Waals surface area contributed by atoms with Crippen molar-refractivity contribution in [3.63, 3.8) is 0 Å². The lowest BCUT2D eigenvalue weighted by molar-refractivity contribution is -0.167. The SMILES string of the molecule is CC\C=C/C=C\C=C/CCCCCCCC(=O)OCC(COC(=O)CCCCCCCCCCCCC)OC(=O)CCCCCCCCCCCCCC. The molecule has 0 amide bonds. The maximum absolute atomic E-state index is 12.7. The Balaban J connectivity index is 4.38. The third kappa shape index (κ3) is 40.8. The van der Waals surface area contributed by atoms with E-state index in [1.165, 1.54) is 109 Å². The molecule has 54 heavy (non-hydrogen) atoms. The lowest BCUT2D eigenvalue weighted by Gasteiger charge is -2.18. The molecule has 1 unspecified atom stereocenters. The van der Waals surface area contributed by atoms with Crippen LogP contribution < -0.4 is 0 Å². The fourth-order valence-corrected chi connectivity index (χ4v) is 6.50. The van der Waals surface area contributed by atoms with E-state index in [4.69, 9.17) is 14.2 Å². The standard InChI is InChI=1S/C48H86O6/c1-4-7-10-13-16-19-22-24-27-29-32-35-38-41-47(50)53-44-45(43-52-46(49)40-37-34-31-28-25-21-18-15-12-9-6-3)54-48(51)42-39-36-33-30-26-23-20-17-14-11-8-5-2/h7,10,13,16,19,22,45H,4-6,8-9,11-12,14-15,17-18,20-21,23-44H2,1-3H3/b10-7-,16-13-,22-19-. The Morgan fingerprint density at radius 3 is 1.11 bits per heavy atom. The molecule has 0 rings (SSSR count). The first-order valence-corrected chi connectivity index (χ1v) is 23.0. The van der Waals surface area contributed by atoms with Crippen molar-refractivity contribution in [3.05, 3.63) is 36.5 Å². The highest BCUT2D eigenvalue weighted by atomic mass is 16.6. The van der Waals surface area contributed by atoms with Crippen molar-refractivity contribution in [2.45, 2.75) is 239 Å². The first-order chi connectivity index (χ1) is 26.5. The third-order valence-corrected chi connectivity index (χ3v) is 9.97. The number of unbranched alkanes of at least 4 members (excludes halogenated alkanes) is 26. The predicted octanol–water partition coefficient (Wildman–Crippen LogP) is 14.6. The van der Waals surface area contributed by atoms with Gasteiger partial charge < -0.3 is 14.2 Å². The molecule has 0 aromatic heterocycles. The van der Waals surface area contributed by atoms with Gasteiger partial charge in [0.1, 0.15) is 13.2 Å². The molecule has 0 heterocycles. The summed E-state index contributed by atoms with van der Waals surface area (Å²) in [5, 5.41) is 0. The summed E-state index contributed by atoms with van der Waals surface area (Å²) in [6.45, 7) is 6.48. The van der Waals surface area contributed by atoms with Gasteiger partial charge in [-0.15, -0.1) is 0 Å². The zero-order valence-corrected chi connectivity index (χ0v) is 35.7. The van der Waals surface area contributed by atoms with Crippen LogP contribution >= 0.6 is 0 Å². The Morgan fingerprint density at radius 2 is 0.722 bits per heavy atom. The Morgan fingerprint density at radius 1 is 0.389 bits per heavy atom. The van der Waals surface area contributed by atoms with E-state index in [2.05, 4.69) is 57.2 Å². The van der Waals surface area contributed by atoms with E-state index in [0.29, 0.717) is 19.3 Å². The number of carbonyl (C=O) groups is 3. The molecular formula is C48H86O6. The average molecular weight is 759 g/mol. The number of rotatable bonds is 41. The van der Waals surface area contributed by atoms with E-state index in [1.807, 2.05) is 0 Å². The van der Waals surface area contributed by atoms with Crippen LogP contribution in [0.25, 0.3) is 0 Å². The van der Waals surface area contributed by atoms with E-state index < -0.39 is 6.10 Å². The van der Waals surface area contributed by atoms with Gasteiger partial charge in [0.05, 0.1) is 0 Å². The highest BCUT2D eigenvalue weighted by Gasteiger charge is 2.19. The summed E-state index contributed by atoms with van der Waals surface area (Å²) in [7, 11) is 0. The van der Waals surface area contributed by atoms with Crippen molar-refractivity contribution in [2.75, 3.05) is 13.2 Å². The van der Waals surface area contributed by atoms with Gasteiger partial charge in [0.2, 0.25) is 0 Å². The zero-order valence-electron chi connectivity index (χ0n) is 35.7. The van der Waals surface area contributed by atoms with E-state index in [1.54, 1.807) is 0 Å². The quantitative estimate of drug-likeness (QED) is 0.0267. The lowest BCUT2D eigenvalue weighted by atomic mass is 10.0. The smallest absolute Gasteiger partial charge is 0.306 e. The van der Waals surface area contributed by atoms with Crippen LogP contribution in [0.3, 0.4) is 0 Å². The minimum absolute atomic E-state index is 0.0754. The first-order valence-electron chi connectivity index (χ1n) is 23.0. The van der Waals surface area contributed by atoms with Gasteiger partial charge in [-0.2, -0.15) is 0 Å². The second-order valence-electron chi connectivity index (χ2n) is 15.4. The fraction of sp³-hybridized carbons (Fsp3) is 0.812. The monoisotopic (exact) mass is 759 g/mol. The Bertz CT molecular complexity index is 922. The Labute approximate surface area is 334 Å². The summed E-state index contributed by atoms with van der Waals surface area (Å²) in [4.78, 5) is 37.7. The molecule has 0 saturated carbocycles. The molecule has 0 bridgehead atoms. The minimum atomic E-state index is -0.773. The molecule has 0 aromatic rings. The number of hydrogen-bond donors (Lipinski definition) is 0. The van der Waals surface area contributed by atoms with Crippen molar-refractivity contribution in [3.8, 4) is 0 Å². The second kappa shape index (κ2) is 43.4. The molecule has 314 valence electrons. The van der Waals surface area contributed by atoms with Gasteiger partial charge in [-0.25, -0.2) is 0 Å². The van der Waals surface area contributed by atoms with Crippen LogP contribution in [-0.2, 0) is 28.6 Å². The van der Waals surface area contributed by atoms with E-state index in [9.17, 15) is 14.4 Å². The van der Waals surface area contributed by atoms with Crippen LogP contribution in [0, 0.1) is 0 Å². The van der Waals surface area contributed by atoms with Gasteiger partial charge >= 0.3 is 17.9 Å². The van der Waals surface area contributed by atoms with Gasteiger partial charge in [-0.1, -0.05) is 211 Å². The van der Waals surface area contributed by atoms with Crippen LogP contribution in [0.5, 0.6) is 0 Å². The molecule has 0 aliphatic heterocycles. The molecule has 0 fully saturated rings. The first kappa shape index (κ1) is 51.6. The van der Waals surface area contributed by atoms with Gasteiger partial charge in [0, 0.05) is 19.3 Å². The number of hydrogen-bond acceptors (Lipinski definition) is 6. The topological polar surface area (TPSA) is 78.9 Å². The Hall–Kier alpha value is -2.37.